The maximum atomic E-state index is 11.0. The van der Waals surface area contributed by atoms with Crippen molar-refractivity contribution in [3.05, 3.63) is 28.3 Å². The van der Waals surface area contributed by atoms with E-state index in [1.165, 1.54) is 18.9 Å². The Kier molecular flexibility index (Phi) is 4.79. The van der Waals surface area contributed by atoms with Crippen LogP contribution in [-0.4, -0.2) is 18.0 Å². The van der Waals surface area contributed by atoms with Crippen molar-refractivity contribution < 1.29 is 4.92 Å². The number of benzene rings is 1. The van der Waals surface area contributed by atoms with Crippen LogP contribution in [0.3, 0.4) is 0 Å². The van der Waals surface area contributed by atoms with Crippen molar-refractivity contribution >= 4 is 17.1 Å². The molecular weight excluding hydrogens is 256 g/mol. The lowest BCUT2D eigenvalue weighted by molar-refractivity contribution is -0.384. The second kappa shape index (κ2) is 6.56. The van der Waals surface area contributed by atoms with Crippen molar-refractivity contribution in [2.75, 3.05) is 23.4 Å². The summed E-state index contributed by atoms with van der Waals surface area (Å²) in [6.45, 7) is 4.12. The molecule has 6 nitrogen and oxygen atoms in total. The van der Waals surface area contributed by atoms with Gasteiger partial charge in [0.1, 0.15) is 0 Å². The highest BCUT2D eigenvalue weighted by atomic mass is 16.6. The Morgan fingerprint density at radius 1 is 1.40 bits per heavy atom. The summed E-state index contributed by atoms with van der Waals surface area (Å²) in [5, 5.41) is 11.0. The van der Waals surface area contributed by atoms with Crippen LogP contribution in [0, 0.1) is 16.0 Å². The van der Waals surface area contributed by atoms with Gasteiger partial charge in [0.25, 0.3) is 5.69 Å². The summed E-state index contributed by atoms with van der Waals surface area (Å²) in [4.78, 5) is 12.8. The van der Waals surface area contributed by atoms with E-state index in [1.54, 1.807) is 6.07 Å². The maximum Gasteiger partial charge on any atom is 0.273 e. The van der Waals surface area contributed by atoms with Crippen LogP contribution in [0.1, 0.15) is 32.6 Å². The highest BCUT2D eigenvalue weighted by Crippen LogP contribution is 2.29. The molecule has 110 valence electrons. The average Bonchev–Trinajstić information content (AvgIpc) is 2.72. The molecule has 20 heavy (non-hydrogen) atoms. The number of hydrazine groups is 1. The van der Waals surface area contributed by atoms with Crippen molar-refractivity contribution in [3.8, 4) is 0 Å². The molecular formula is C14H22N4O2. The molecule has 1 unspecified atom stereocenters. The van der Waals surface area contributed by atoms with Gasteiger partial charge < -0.3 is 10.3 Å². The maximum absolute atomic E-state index is 11.0. The predicted molar refractivity (Wildman–Crippen MR) is 80.8 cm³/mol. The van der Waals surface area contributed by atoms with E-state index in [4.69, 9.17) is 5.84 Å². The first-order chi connectivity index (χ1) is 9.63. The quantitative estimate of drug-likeness (QED) is 0.502. The molecule has 0 saturated carbocycles. The molecule has 1 atom stereocenters. The van der Waals surface area contributed by atoms with Crippen molar-refractivity contribution in [1.29, 1.82) is 0 Å². The van der Waals surface area contributed by atoms with Crippen LogP contribution in [0.25, 0.3) is 0 Å². The van der Waals surface area contributed by atoms with Gasteiger partial charge in [-0.1, -0.05) is 13.3 Å². The number of non-ortho nitro benzene ring substituents is 1. The lowest BCUT2D eigenvalue weighted by Crippen LogP contribution is -2.24. The third kappa shape index (κ3) is 3.39. The van der Waals surface area contributed by atoms with Crippen molar-refractivity contribution in [3.63, 3.8) is 0 Å². The number of nitro benzene ring substituents is 1. The van der Waals surface area contributed by atoms with E-state index in [0.717, 1.165) is 37.5 Å². The van der Waals surface area contributed by atoms with Crippen LogP contribution < -0.4 is 16.2 Å². The second-order valence-corrected chi connectivity index (χ2v) is 5.33. The van der Waals surface area contributed by atoms with Gasteiger partial charge in [-0.05, 0) is 31.2 Å². The molecule has 2 rings (SSSR count). The number of nitrogens with zero attached hydrogens (tertiary/aromatic N) is 2. The van der Waals surface area contributed by atoms with Gasteiger partial charge in [0.05, 0.1) is 10.6 Å². The molecule has 0 aliphatic carbocycles. The predicted octanol–water partition coefficient (Wildman–Crippen LogP) is 2.90. The van der Waals surface area contributed by atoms with Gasteiger partial charge in [-0.2, -0.15) is 0 Å². The lowest BCUT2D eigenvalue weighted by atomic mass is 9.98. The van der Waals surface area contributed by atoms with Gasteiger partial charge >= 0.3 is 0 Å². The smallest absolute Gasteiger partial charge is 0.273 e. The minimum absolute atomic E-state index is 0.0757. The van der Waals surface area contributed by atoms with Crippen LogP contribution in [-0.2, 0) is 0 Å². The first-order valence-electron chi connectivity index (χ1n) is 7.15. The second-order valence-electron chi connectivity index (χ2n) is 5.33. The van der Waals surface area contributed by atoms with Crippen molar-refractivity contribution in [2.45, 2.75) is 32.6 Å². The standard InChI is InChI=1S/C14H22N4O2/c1-2-11-4-3-6-17(7-5-11)13-8-12(16-15)9-14(10-13)18(19)20/h8-11,16H,2-7,15H2,1H3. The molecule has 6 heteroatoms. The molecule has 0 aromatic heterocycles. The van der Waals surface area contributed by atoms with Crippen LogP contribution in [0.4, 0.5) is 17.1 Å². The van der Waals surface area contributed by atoms with Crippen LogP contribution >= 0.6 is 0 Å². The zero-order valence-electron chi connectivity index (χ0n) is 11.8. The van der Waals surface area contributed by atoms with Gasteiger partial charge in [-0.3, -0.25) is 16.0 Å². The van der Waals surface area contributed by atoms with E-state index >= 15 is 0 Å². The number of hydrogen-bond acceptors (Lipinski definition) is 5. The number of nitrogen functional groups attached to an aromatic ring is 1. The summed E-state index contributed by atoms with van der Waals surface area (Å²) in [5.74, 6) is 6.17. The van der Waals surface area contributed by atoms with Crippen LogP contribution in [0.15, 0.2) is 18.2 Å². The van der Waals surface area contributed by atoms with Gasteiger partial charge in [0.2, 0.25) is 0 Å². The Bertz CT molecular complexity index is 478. The Labute approximate surface area is 119 Å². The van der Waals surface area contributed by atoms with Gasteiger partial charge in [-0.25, -0.2) is 0 Å². The van der Waals surface area contributed by atoms with E-state index in [-0.39, 0.29) is 10.6 Å². The third-order valence-electron chi connectivity index (χ3n) is 4.07. The first kappa shape index (κ1) is 14.6. The van der Waals surface area contributed by atoms with Gasteiger partial charge in [-0.15, -0.1) is 0 Å². The molecule has 1 aromatic rings. The number of nitrogens with two attached hydrogens (primary N) is 1. The molecule has 1 saturated heterocycles. The SMILES string of the molecule is CCC1CCCN(c2cc(NN)cc([N+](=O)[O-])c2)CC1. The minimum Gasteiger partial charge on any atom is -0.371 e. The zero-order valence-corrected chi connectivity index (χ0v) is 11.8. The summed E-state index contributed by atoms with van der Waals surface area (Å²) in [6.07, 6.45) is 4.72. The van der Waals surface area contributed by atoms with E-state index in [2.05, 4.69) is 17.2 Å². The normalized spacial score (nSPS) is 19.5. The summed E-state index contributed by atoms with van der Waals surface area (Å²) in [6, 6.07) is 4.96. The molecule has 1 aliphatic heterocycles. The van der Waals surface area contributed by atoms with E-state index in [1.807, 2.05) is 6.07 Å². The molecule has 1 aromatic carbocycles. The number of nitro groups is 1. The van der Waals surface area contributed by atoms with E-state index in [9.17, 15) is 10.1 Å². The largest absolute Gasteiger partial charge is 0.371 e. The van der Waals surface area contributed by atoms with Gasteiger partial charge in [0, 0.05) is 30.9 Å². The summed E-state index contributed by atoms with van der Waals surface area (Å²) >= 11 is 0. The average molecular weight is 278 g/mol. The third-order valence-corrected chi connectivity index (χ3v) is 4.07. The van der Waals surface area contributed by atoms with Crippen LogP contribution in [0.5, 0.6) is 0 Å². The summed E-state index contributed by atoms with van der Waals surface area (Å²) < 4.78 is 0. The molecule has 3 N–H and O–H groups in total. The summed E-state index contributed by atoms with van der Waals surface area (Å²) in [7, 11) is 0. The molecule has 1 fully saturated rings. The fourth-order valence-electron chi connectivity index (χ4n) is 2.80. The Morgan fingerprint density at radius 2 is 2.20 bits per heavy atom. The fraction of sp³-hybridized carbons (Fsp3) is 0.571. The van der Waals surface area contributed by atoms with Crippen LogP contribution in [0.2, 0.25) is 0 Å². The molecule has 0 amide bonds. The van der Waals surface area contributed by atoms with E-state index in [0.29, 0.717) is 5.69 Å². The zero-order chi connectivity index (χ0) is 14.5. The topological polar surface area (TPSA) is 84.4 Å². The molecule has 0 bridgehead atoms. The highest BCUT2D eigenvalue weighted by molar-refractivity contribution is 5.64. The van der Waals surface area contributed by atoms with Crippen molar-refractivity contribution in [1.82, 2.24) is 0 Å². The first-order valence-corrected chi connectivity index (χ1v) is 7.15. The fourth-order valence-corrected chi connectivity index (χ4v) is 2.80. The molecule has 0 radical (unpaired) electrons. The molecule has 0 spiro atoms. The summed E-state index contributed by atoms with van der Waals surface area (Å²) in [5.41, 5.74) is 4.04. The number of rotatable bonds is 4. The number of anilines is 2. The Morgan fingerprint density at radius 3 is 2.85 bits per heavy atom. The highest BCUT2D eigenvalue weighted by Gasteiger charge is 2.18. The minimum atomic E-state index is -0.378. The Hall–Kier alpha value is -1.82. The molecule has 1 heterocycles. The van der Waals surface area contributed by atoms with E-state index < -0.39 is 0 Å². The lowest BCUT2D eigenvalue weighted by Gasteiger charge is -2.23. The monoisotopic (exact) mass is 278 g/mol. The number of nitrogens with one attached hydrogen (secondary N) is 1. The van der Waals surface area contributed by atoms with Gasteiger partial charge in [0.15, 0.2) is 0 Å². The van der Waals surface area contributed by atoms with Crippen molar-refractivity contribution in [2.24, 2.45) is 11.8 Å². The Balaban J connectivity index is 2.22. The molecule has 1 aliphatic rings. The number of hydrogen-bond donors (Lipinski definition) is 2.